The van der Waals surface area contributed by atoms with E-state index in [4.69, 9.17) is 9.47 Å². The van der Waals surface area contributed by atoms with E-state index < -0.39 is 34.8 Å². The Balaban J connectivity index is 1.57. The molecule has 6 aromatic carbocycles. The quantitative estimate of drug-likeness (QED) is 0.178. The summed E-state index contributed by atoms with van der Waals surface area (Å²) in [6.07, 6.45) is 0. The van der Waals surface area contributed by atoms with E-state index >= 15 is 8.78 Å². The molecule has 0 unspecified atom stereocenters. The maximum absolute atomic E-state index is 15.8. The van der Waals surface area contributed by atoms with Gasteiger partial charge in [-0.15, -0.1) is 0 Å². The fourth-order valence-electron chi connectivity index (χ4n) is 8.01. The molecule has 2 spiro atoms. The molecule has 6 heteroatoms. The number of hydrogen-bond acceptors (Lipinski definition) is 4. The third-order valence-corrected chi connectivity index (χ3v) is 9.89. The smallest absolute Gasteiger partial charge is 0.342 e. The molecule has 0 saturated heterocycles. The molecule has 9 rings (SSSR count). The molecule has 240 valence electrons. The number of carbonyl (C=O) groups is 2. The van der Waals surface area contributed by atoms with Crippen molar-refractivity contribution in [1.29, 1.82) is 0 Å². The Bertz CT molecular complexity index is 2170. The Kier molecular flexibility index (Phi) is 6.58. The lowest BCUT2D eigenvalue weighted by Crippen LogP contribution is -2.63. The van der Waals surface area contributed by atoms with Gasteiger partial charge in [0.15, 0.2) is 0 Å². The average Bonchev–Trinajstić information content (AvgIpc) is 3.66. The van der Waals surface area contributed by atoms with Gasteiger partial charge in [-0.1, -0.05) is 146 Å². The highest BCUT2D eigenvalue weighted by Gasteiger charge is 2.80. The van der Waals surface area contributed by atoms with Crippen molar-refractivity contribution in [2.75, 3.05) is 0 Å². The fraction of sp³-hybridized carbons (Fsp3) is 0.0455. The van der Waals surface area contributed by atoms with Gasteiger partial charge < -0.3 is 9.47 Å². The molecule has 2 aliphatic heterocycles. The van der Waals surface area contributed by atoms with E-state index in [1.807, 2.05) is 121 Å². The fourth-order valence-corrected chi connectivity index (χ4v) is 8.01. The van der Waals surface area contributed by atoms with Crippen LogP contribution in [0.15, 0.2) is 169 Å². The van der Waals surface area contributed by atoms with Crippen LogP contribution >= 0.6 is 0 Å². The summed E-state index contributed by atoms with van der Waals surface area (Å²) < 4.78 is 44.7. The molecule has 50 heavy (non-hydrogen) atoms. The molecule has 0 amide bonds. The van der Waals surface area contributed by atoms with E-state index in [0.717, 1.165) is 22.3 Å². The zero-order chi connectivity index (χ0) is 34.0. The first-order chi connectivity index (χ1) is 24.5. The van der Waals surface area contributed by atoms with Crippen LogP contribution in [0.2, 0.25) is 0 Å². The number of fused-ring (bicyclic) bond motifs is 5. The predicted molar refractivity (Wildman–Crippen MR) is 185 cm³/mol. The number of ether oxygens (including phenoxy) is 2. The van der Waals surface area contributed by atoms with Gasteiger partial charge >= 0.3 is 11.9 Å². The topological polar surface area (TPSA) is 52.6 Å². The van der Waals surface area contributed by atoms with Gasteiger partial charge in [0.1, 0.15) is 22.8 Å². The molecule has 0 aromatic heterocycles. The minimum Gasteiger partial charge on any atom is -0.440 e. The third-order valence-electron chi connectivity index (χ3n) is 9.89. The lowest BCUT2D eigenvalue weighted by molar-refractivity contribution is -0.144. The molecule has 2 atom stereocenters. The van der Waals surface area contributed by atoms with Crippen LogP contribution < -0.4 is 0 Å². The van der Waals surface area contributed by atoms with Crippen molar-refractivity contribution < 1.29 is 27.8 Å². The minimum absolute atomic E-state index is 0.191. The van der Waals surface area contributed by atoms with Gasteiger partial charge in [-0.3, -0.25) is 0 Å². The highest BCUT2D eigenvalue weighted by Crippen LogP contribution is 2.74. The maximum Gasteiger partial charge on any atom is 0.342 e. The summed E-state index contributed by atoms with van der Waals surface area (Å²) in [5.41, 5.74) is 1.53. The number of halogens is 2. The Morgan fingerprint density at radius 3 is 1.00 bits per heavy atom. The van der Waals surface area contributed by atoms with Gasteiger partial charge in [0.2, 0.25) is 11.2 Å². The Morgan fingerprint density at radius 1 is 0.400 bits per heavy atom. The lowest BCUT2D eigenvalue weighted by atomic mass is 9.49. The van der Waals surface area contributed by atoms with E-state index in [9.17, 15) is 9.59 Å². The Morgan fingerprint density at radius 2 is 0.700 bits per heavy atom. The molecule has 1 fully saturated rings. The van der Waals surface area contributed by atoms with Crippen molar-refractivity contribution >= 4 is 23.1 Å². The van der Waals surface area contributed by atoms with E-state index in [-0.39, 0.29) is 22.3 Å². The summed E-state index contributed by atoms with van der Waals surface area (Å²) in [6.45, 7) is 0. The zero-order valence-corrected chi connectivity index (χ0v) is 26.4. The molecule has 0 N–H and O–H groups in total. The van der Waals surface area contributed by atoms with Crippen LogP contribution in [0.25, 0.3) is 11.1 Å². The standard InChI is InChI=1S/C44H26F2O4/c45-33-25-13-23-31-37(33)41(47)49-43(31)39(35(27-15-5-1-6-16-27)28-17-7-2-8-18-28)40(44(43)32-24-14-26-34(46)38(32)42(48)50-44)36(29-19-9-3-10-20-29)30-21-11-4-12-22-30/h1-26H/t43-,44-/m1/s1. The van der Waals surface area contributed by atoms with Crippen molar-refractivity contribution in [3.05, 3.63) is 225 Å². The van der Waals surface area contributed by atoms with Gasteiger partial charge in [-0.25, -0.2) is 18.4 Å². The monoisotopic (exact) mass is 656 g/mol. The van der Waals surface area contributed by atoms with Gasteiger partial charge in [0.25, 0.3) is 0 Å². The molecule has 1 saturated carbocycles. The van der Waals surface area contributed by atoms with Crippen molar-refractivity contribution in [2.24, 2.45) is 0 Å². The van der Waals surface area contributed by atoms with E-state index in [2.05, 4.69) is 0 Å². The molecule has 0 radical (unpaired) electrons. The molecular formula is C44H26F2O4. The van der Waals surface area contributed by atoms with E-state index in [1.165, 1.54) is 24.3 Å². The average molecular weight is 657 g/mol. The maximum atomic E-state index is 15.8. The largest absolute Gasteiger partial charge is 0.440 e. The molecule has 4 nitrogen and oxygen atoms in total. The molecule has 2 heterocycles. The van der Waals surface area contributed by atoms with Crippen molar-refractivity contribution in [3.8, 4) is 0 Å². The van der Waals surface area contributed by atoms with Crippen LogP contribution in [0, 0.1) is 11.6 Å². The van der Waals surface area contributed by atoms with Crippen LogP contribution in [-0.4, -0.2) is 11.9 Å². The highest BCUT2D eigenvalue weighted by molar-refractivity contribution is 6.07. The normalized spacial score (nSPS) is 19.9. The first-order valence-electron chi connectivity index (χ1n) is 16.2. The second-order valence-electron chi connectivity index (χ2n) is 12.4. The van der Waals surface area contributed by atoms with Crippen LogP contribution in [-0.2, 0) is 20.7 Å². The molecule has 6 aromatic rings. The Labute approximate surface area is 286 Å². The number of hydrogen-bond donors (Lipinski definition) is 0. The highest BCUT2D eigenvalue weighted by atomic mass is 19.1. The van der Waals surface area contributed by atoms with Gasteiger partial charge in [0.05, 0.1) is 0 Å². The van der Waals surface area contributed by atoms with E-state index in [0.29, 0.717) is 22.3 Å². The first-order valence-corrected chi connectivity index (χ1v) is 16.2. The lowest BCUT2D eigenvalue weighted by Gasteiger charge is -2.58. The van der Waals surface area contributed by atoms with Crippen molar-refractivity contribution in [2.45, 2.75) is 11.2 Å². The predicted octanol–water partition coefficient (Wildman–Crippen LogP) is 9.41. The number of carbonyl (C=O) groups excluding carboxylic acids is 2. The number of esters is 2. The molecule has 1 aliphatic carbocycles. The van der Waals surface area contributed by atoms with Gasteiger partial charge in [-0.05, 0) is 45.5 Å². The van der Waals surface area contributed by atoms with E-state index in [1.54, 1.807) is 12.1 Å². The van der Waals surface area contributed by atoms with Gasteiger partial charge in [-0.2, -0.15) is 0 Å². The summed E-state index contributed by atoms with van der Waals surface area (Å²) in [7, 11) is 0. The zero-order valence-electron chi connectivity index (χ0n) is 26.4. The van der Waals surface area contributed by atoms with Crippen LogP contribution in [0.4, 0.5) is 8.78 Å². The summed E-state index contributed by atoms with van der Waals surface area (Å²) in [6, 6.07) is 47.2. The minimum atomic E-state index is -1.92. The molecular weight excluding hydrogens is 630 g/mol. The third kappa shape index (κ3) is 3.90. The van der Waals surface area contributed by atoms with Crippen LogP contribution in [0.1, 0.15) is 54.1 Å². The van der Waals surface area contributed by atoms with Gasteiger partial charge in [0, 0.05) is 22.3 Å². The molecule has 3 aliphatic rings. The van der Waals surface area contributed by atoms with Crippen LogP contribution in [0.5, 0.6) is 0 Å². The van der Waals surface area contributed by atoms with Crippen molar-refractivity contribution in [1.82, 2.24) is 0 Å². The van der Waals surface area contributed by atoms with Crippen molar-refractivity contribution in [3.63, 3.8) is 0 Å². The summed E-state index contributed by atoms with van der Waals surface area (Å²) >= 11 is 0. The number of rotatable bonds is 4. The Hall–Kier alpha value is -6.40. The second kappa shape index (κ2) is 11.1. The summed E-state index contributed by atoms with van der Waals surface area (Å²) in [5, 5.41) is 0. The SMILES string of the molecule is O=C1O[C@@]2(C(=C(c3ccccc3)c3ccccc3)C(=C(c3ccccc3)c3ccccc3)[C@@]23OC(=O)c2c(F)cccc23)c2cccc(F)c21. The first kappa shape index (κ1) is 29.7. The van der Waals surface area contributed by atoms with Crippen LogP contribution in [0.3, 0.4) is 0 Å². The second-order valence-corrected chi connectivity index (χ2v) is 12.4. The number of benzene rings is 6. The summed E-state index contributed by atoms with van der Waals surface area (Å²) in [4.78, 5) is 28.1. The molecule has 0 bridgehead atoms. The summed E-state index contributed by atoms with van der Waals surface area (Å²) in [5.74, 6) is -3.35.